The minimum absolute atomic E-state index is 0.491. The van der Waals surface area contributed by atoms with Crippen LogP contribution in [0.4, 0.5) is 0 Å². The van der Waals surface area contributed by atoms with Gasteiger partial charge in [0.1, 0.15) is 0 Å². The Morgan fingerprint density at radius 1 is 1.25 bits per heavy atom. The van der Waals surface area contributed by atoms with E-state index >= 15 is 0 Å². The normalized spacial score (nSPS) is 24.9. The van der Waals surface area contributed by atoms with E-state index in [1.165, 1.54) is 26.1 Å². The van der Waals surface area contributed by atoms with Crippen LogP contribution in [0.25, 0.3) is 0 Å². The molecule has 1 aliphatic heterocycles. The molecule has 1 unspecified atom stereocenters. The monoisotopic (exact) mass is 226 g/mol. The van der Waals surface area contributed by atoms with E-state index in [2.05, 4.69) is 51.8 Å². The molecule has 0 radical (unpaired) electrons. The van der Waals surface area contributed by atoms with Crippen LogP contribution in [-0.2, 0) is 0 Å². The zero-order valence-corrected chi connectivity index (χ0v) is 12.0. The number of rotatable bonds is 5. The maximum atomic E-state index is 3.66. The molecule has 1 aliphatic rings. The molecule has 16 heavy (non-hydrogen) atoms. The molecule has 0 aliphatic carbocycles. The molecule has 2 heteroatoms. The fourth-order valence-electron chi connectivity index (χ4n) is 2.61. The fraction of sp³-hybridized carbons (Fsp3) is 1.00. The van der Waals surface area contributed by atoms with E-state index in [9.17, 15) is 0 Å². The lowest BCUT2D eigenvalue weighted by Gasteiger charge is -2.31. The van der Waals surface area contributed by atoms with Gasteiger partial charge in [-0.15, -0.1) is 0 Å². The van der Waals surface area contributed by atoms with Crippen molar-refractivity contribution in [2.24, 2.45) is 11.3 Å². The second-order valence-electron chi connectivity index (χ2n) is 6.89. The second-order valence-corrected chi connectivity index (χ2v) is 6.89. The molecule has 2 nitrogen and oxygen atoms in total. The molecule has 1 N–H and O–H groups in total. The highest BCUT2D eigenvalue weighted by Crippen LogP contribution is 2.27. The van der Waals surface area contributed by atoms with Crippen molar-refractivity contribution >= 4 is 0 Å². The molecule has 96 valence electrons. The van der Waals surface area contributed by atoms with Crippen molar-refractivity contribution in [1.82, 2.24) is 10.2 Å². The average Bonchev–Trinajstić information content (AvgIpc) is 2.43. The highest BCUT2D eigenvalue weighted by atomic mass is 15.2. The zero-order chi connectivity index (χ0) is 12.3. The van der Waals surface area contributed by atoms with Crippen molar-refractivity contribution in [3.05, 3.63) is 0 Å². The van der Waals surface area contributed by atoms with Crippen LogP contribution in [0.15, 0.2) is 0 Å². The van der Waals surface area contributed by atoms with E-state index in [0.717, 1.165) is 5.92 Å². The molecule has 0 saturated carbocycles. The fourth-order valence-corrected chi connectivity index (χ4v) is 2.61. The highest BCUT2D eigenvalue weighted by Gasteiger charge is 2.31. The molecule has 1 heterocycles. The summed E-state index contributed by atoms with van der Waals surface area (Å²) >= 11 is 0. The van der Waals surface area contributed by atoms with E-state index in [0.29, 0.717) is 17.5 Å². The summed E-state index contributed by atoms with van der Waals surface area (Å²) in [6.07, 6.45) is 1.31. The molecule has 0 aromatic rings. The lowest BCUT2D eigenvalue weighted by molar-refractivity contribution is 0.179. The van der Waals surface area contributed by atoms with Crippen LogP contribution in [0.5, 0.6) is 0 Å². The number of hydrogen-bond acceptors (Lipinski definition) is 2. The van der Waals surface area contributed by atoms with Gasteiger partial charge in [0, 0.05) is 31.7 Å². The average molecular weight is 226 g/mol. The maximum absolute atomic E-state index is 3.66. The van der Waals surface area contributed by atoms with E-state index in [4.69, 9.17) is 0 Å². The lowest BCUT2D eigenvalue weighted by Crippen LogP contribution is -2.42. The Balaban J connectivity index is 2.44. The van der Waals surface area contributed by atoms with Gasteiger partial charge in [-0.2, -0.15) is 0 Å². The highest BCUT2D eigenvalue weighted by molar-refractivity contribution is 4.89. The van der Waals surface area contributed by atoms with E-state index < -0.39 is 0 Å². The van der Waals surface area contributed by atoms with Crippen LogP contribution in [0.2, 0.25) is 0 Å². The summed E-state index contributed by atoms with van der Waals surface area (Å²) < 4.78 is 0. The van der Waals surface area contributed by atoms with Gasteiger partial charge in [-0.05, 0) is 31.6 Å². The van der Waals surface area contributed by atoms with Gasteiger partial charge in [0.2, 0.25) is 0 Å². The van der Waals surface area contributed by atoms with Crippen molar-refractivity contribution in [3.63, 3.8) is 0 Å². The minimum Gasteiger partial charge on any atom is -0.312 e. The molecule has 1 fully saturated rings. The first-order chi connectivity index (χ1) is 7.30. The van der Waals surface area contributed by atoms with Crippen LogP contribution >= 0.6 is 0 Å². The molecule has 1 rings (SSSR count). The number of hydrogen-bond donors (Lipinski definition) is 1. The SMILES string of the molecule is CC(C)CN(CC1CC(C)(C)CN1)C(C)C. The van der Waals surface area contributed by atoms with E-state index in [1.807, 2.05) is 0 Å². The van der Waals surface area contributed by atoms with Gasteiger partial charge in [-0.25, -0.2) is 0 Å². The third kappa shape index (κ3) is 4.42. The molecular weight excluding hydrogens is 196 g/mol. The lowest BCUT2D eigenvalue weighted by atomic mass is 9.90. The Bertz CT molecular complexity index is 209. The maximum Gasteiger partial charge on any atom is 0.0200 e. The number of nitrogens with zero attached hydrogens (tertiary/aromatic N) is 1. The van der Waals surface area contributed by atoms with E-state index in [-0.39, 0.29) is 0 Å². The van der Waals surface area contributed by atoms with Gasteiger partial charge in [0.15, 0.2) is 0 Å². The predicted octanol–water partition coefficient (Wildman–Crippen LogP) is 2.74. The Hall–Kier alpha value is -0.0800. The Labute approximate surface area is 102 Å². The van der Waals surface area contributed by atoms with Gasteiger partial charge in [0.05, 0.1) is 0 Å². The molecule has 0 spiro atoms. The Morgan fingerprint density at radius 2 is 1.88 bits per heavy atom. The minimum atomic E-state index is 0.491. The van der Waals surface area contributed by atoms with Gasteiger partial charge < -0.3 is 5.32 Å². The van der Waals surface area contributed by atoms with Crippen LogP contribution < -0.4 is 5.32 Å². The number of nitrogens with one attached hydrogen (secondary N) is 1. The quantitative estimate of drug-likeness (QED) is 0.775. The zero-order valence-electron chi connectivity index (χ0n) is 12.0. The van der Waals surface area contributed by atoms with Gasteiger partial charge >= 0.3 is 0 Å². The third-order valence-corrected chi connectivity index (χ3v) is 3.45. The summed E-state index contributed by atoms with van der Waals surface area (Å²) in [4.78, 5) is 2.61. The molecule has 1 atom stereocenters. The largest absolute Gasteiger partial charge is 0.312 e. The predicted molar refractivity (Wildman–Crippen MR) is 71.7 cm³/mol. The molecule has 1 saturated heterocycles. The van der Waals surface area contributed by atoms with Gasteiger partial charge in [-0.3, -0.25) is 4.90 Å². The molecule has 0 aromatic heterocycles. The van der Waals surface area contributed by atoms with Crippen molar-refractivity contribution < 1.29 is 0 Å². The van der Waals surface area contributed by atoms with Gasteiger partial charge in [-0.1, -0.05) is 27.7 Å². The Morgan fingerprint density at radius 3 is 2.25 bits per heavy atom. The van der Waals surface area contributed by atoms with Crippen LogP contribution in [0.3, 0.4) is 0 Å². The summed E-state index contributed by atoms with van der Waals surface area (Å²) in [7, 11) is 0. The first-order valence-corrected chi connectivity index (χ1v) is 6.77. The summed E-state index contributed by atoms with van der Waals surface area (Å²) in [5.74, 6) is 0.761. The summed E-state index contributed by atoms with van der Waals surface area (Å²) in [5.41, 5.74) is 0.491. The molecule has 0 bridgehead atoms. The third-order valence-electron chi connectivity index (χ3n) is 3.45. The molecule has 0 aromatic carbocycles. The van der Waals surface area contributed by atoms with Crippen LogP contribution in [0.1, 0.15) is 48.0 Å². The van der Waals surface area contributed by atoms with Crippen LogP contribution in [-0.4, -0.2) is 36.6 Å². The van der Waals surface area contributed by atoms with E-state index in [1.54, 1.807) is 0 Å². The van der Waals surface area contributed by atoms with Crippen molar-refractivity contribution in [2.75, 3.05) is 19.6 Å². The van der Waals surface area contributed by atoms with Crippen molar-refractivity contribution in [1.29, 1.82) is 0 Å². The van der Waals surface area contributed by atoms with Crippen LogP contribution in [0, 0.1) is 11.3 Å². The van der Waals surface area contributed by atoms with Crippen molar-refractivity contribution in [2.45, 2.75) is 60.0 Å². The van der Waals surface area contributed by atoms with Crippen molar-refractivity contribution in [3.8, 4) is 0 Å². The summed E-state index contributed by atoms with van der Waals surface area (Å²) in [6.45, 7) is 17.6. The molecule has 0 amide bonds. The topological polar surface area (TPSA) is 15.3 Å². The summed E-state index contributed by atoms with van der Waals surface area (Å²) in [6, 6.07) is 1.35. The second kappa shape index (κ2) is 5.50. The van der Waals surface area contributed by atoms with Gasteiger partial charge in [0.25, 0.3) is 0 Å². The first kappa shape index (κ1) is 14.0. The smallest absolute Gasteiger partial charge is 0.0200 e. The Kier molecular flexibility index (Phi) is 4.81. The summed E-state index contributed by atoms with van der Waals surface area (Å²) in [5, 5.41) is 3.66. The standard InChI is InChI=1S/C14H30N2/c1-11(2)8-16(12(3)4)9-13-7-14(5,6)10-15-13/h11-13,15H,7-10H2,1-6H3. The molecular formula is C14H30N2. The first-order valence-electron chi connectivity index (χ1n) is 6.77.